The zero-order chi connectivity index (χ0) is 15.1. The molecule has 0 heterocycles. The molecule has 4 heteroatoms. The van der Waals surface area contributed by atoms with Crippen LogP contribution in [0.4, 0.5) is 0 Å². The third-order valence-electron chi connectivity index (χ3n) is 2.65. The topological polar surface area (TPSA) is 52.6 Å². The number of rotatable bonds is 8. The van der Waals surface area contributed by atoms with Crippen molar-refractivity contribution in [3.63, 3.8) is 0 Å². The molecule has 0 aliphatic carbocycles. The number of hydrogen-bond donors (Lipinski definition) is 0. The van der Waals surface area contributed by atoms with Gasteiger partial charge < -0.3 is 9.47 Å². The van der Waals surface area contributed by atoms with Gasteiger partial charge >= 0.3 is 11.9 Å². The third-order valence-corrected chi connectivity index (χ3v) is 2.65. The van der Waals surface area contributed by atoms with E-state index in [1.54, 1.807) is 20.8 Å². The predicted molar refractivity (Wildman–Crippen MR) is 74.3 cm³/mol. The zero-order valence-electron chi connectivity index (χ0n) is 12.1. The fourth-order valence-corrected chi connectivity index (χ4v) is 1.27. The van der Waals surface area contributed by atoms with Crippen molar-refractivity contribution in [2.45, 2.75) is 45.6 Å². The van der Waals surface area contributed by atoms with Crippen LogP contribution in [0, 0.1) is 6.92 Å². The van der Waals surface area contributed by atoms with Crippen LogP contribution in [0.1, 0.15) is 40.0 Å². The molecule has 0 rings (SSSR count). The Morgan fingerprint density at radius 1 is 1.11 bits per heavy atom. The molecule has 4 nitrogen and oxygen atoms in total. The van der Waals surface area contributed by atoms with Crippen molar-refractivity contribution in [2.24, 2.45) is 0 Å². The number of carbonyl (C=O) groups excluding carboxylic acids is 2. The second-order valence-corrected chi connectivity index (χ2v) is 4.89. The van der Waals surface area contributed by atoms with E-state index >= 15 is 0 Å². The molecule has 0 N–H and O–H groups in total. The number of carbonyl (C=O) groups is 2. The van der Waals surface area contributed by atoms with Crippen molar-refractivity contribution < 1.29 is 19.1 Å². The van der Waals surface area contributed by atoms with Crippen LogP contribution in [-0.2, 0) is 19.1 Å². The molecule has 0 aliphatic heterocycles. The van der Waals surface area contributed by atoms with Crippen molar-refractivity contribution in [3.8, 4) is 0 Å². The molecule has 107 valence electrons. The van der Waals surface area contributed by atoms with Gasteiger partial charge in [0.1, 0.15) is 5.60 Å². The summed E-state index contributed by atoms with van der Waals surface area (Å²) in [5.74, 6) is -0.833. The van der Waals surface area contributed by atoms with Crippen LogP contribution < -0.4 is 0 Å². The van der Waals surface area contributed by atoms with Gasteiger partial charge in [-0.3, -0.25) is 0 Å². The molecular weight excluding hydrogens is 244 g/mol. The number of esters is 2. The molecule has 0 amide bonds. The van der Waals surface area contributed by atoms with E-state index in [0.717, 1.165) is 0 Å². The summed E-state index contributed by atoms with van der Waals surface area (Å²) >= 11 is 0. The molecule has 0 bridgehead atoms. The summed E-state index contributed by atoms with van der Waals surface area (Å²) in [4.78, 5) is 22.7. The largest absolute Gasteiger partial charge is 0.462 e. The van der Waals surface area contributed by atoms with Crippen molar-refractivity contribution in [1.82, 2.24) is 0 Å². The van der Waals surface area contributed by atoms with Crippen LogP contribution in [0.2, 0.25) is 0 Å². The van der Waals surface area contributed by atoms with Crippen molar-refractivity contribution in [3.05, 3.63) is 31.2 Å². The summed E-state index contributed by atoms with van der Waals surface area (Å²) in [6.45, 7) is 16.1. The molecule has 0 aromatic heterocycles. The van der Waals surface area contributed by atoms with E-state index in [-0.39, 0.29) is 6.61 Å². The summed E-state index contributed by atoms with van der Waals surface area (Å²) in [7, 11) is 0. The molecule has 1 unspecified atom stereocenters. The highest BCUT2D eigenvalue weighted by atomic mass is 16.6. The molecule has 0 saturated carbocycles. The maximum Gasteiger partial charge on any atom is 0.333 e. The maximum absolute atomic E-state index is 11.5. The zero-order valence-corrected chi connectivity index (χ0v) is 12.1. The van der Waals surface area contributed by atoms with Gasteiger partial charge in [0.05, 0.1) is 6.61 Å². The molecular formula is C15H23O4. The van der Waals surface area contributed by atoms with Gasteiger partial charge in [-0.25, -0.2) is 9.59 Å². The Morgan fingerprint density at radius 2 is 1.63 bits per heavy atom. The summed E-state index contributed by atoms with van der Waals surface area (Å²) < 4.78 is 10.3. The highest BCUT2D eigenvalue weighted by molar-refractivity contribution is 5.87. The van der Waals surface area contributed by atoms with Crippen molar-refractivity contribution in [2.75, 3.05) is 6.61 Å². The van der Waals surface area contributed by atoms with Crippen LogP contribution in [0.15, 0.2) is 24.3 Å². The van der Waals surface area contributed by atoms with Gasteiger partial charge in [0.15, 0.2) is 0 Å². The second-order valence-electron chi connectivity index (χ2n) is 4.89. The molecule has 0 spiro atoms. The highest BCUT2D eigenvalue weighted by Gasteiger charge is 2.26. The summed E-state index contributed by atoms with van der Waals surface area (Å²) in [6.07, 6.45) is 1.61. The van der Waals surface area contributed by atoms with Crippen LogP contribution in [-0.4, -0.2) is 24.1 Å². The second kappa shape index (κ2) is 7.77. The average Bonchev–Trinajstić information content (AvgIpc) is 2.34. The molecule has 0 saturated heterocycles. The Bertz CT molecular complexity index is 370. The minimum absolute atomic E-state index is 0.270. The molecule has 0 aromatic carbocycles. The molecule has 0 fully saturated rings. The van der Waals surface area contributed by atoms with Gasteiger partial charge in [-0.15, -0.1) is 0 Å². The standard InChI is InChI=1S/C15H23O4/c1-7-15(6,19-14(17)12(4)5)9-8-10-18-13(16)11(2)3/h1-2,4,7-10H2,3,5-6H3. The summed E-state index contributed by atoms with van der Waals surface area (Å²) in [5.41, 5.74) is 0.0630. The molecule has 1 radical (unpaired) electrons. The predicted octanol–water partition coefficient (Wildman–Crippen LogP) is 2.99. The Balaban J connectivity index is 4.18. The van der Waals surface area contributed by atoms with Crippen molar-refractivity contribution >= 4 is 11.9 Å². The van der Waals surface area contributed by atoms with E-state index in [0.29, 0.717) is 30.4 Å². The first-order valence-corrected chi connectivity index (χ1v) is 6.22. The van der Waals surface area contributed by atoms with Crippen LogP contribution in [0.25, 0.3) is 0 Å². The van der Waals surface area contributed by atoms with Crippen LogP contribution in [0.3, 0.4) is 0 Å². The lowest BCUT2D eigenvalue weighted by molar-refractivity contribution is -0.154. The Hall–Kier alpha value is -1.58. The van der Waals surface area contributed by atoms with Gasteiger partial charge in [0.25, 0.3) is 0 Å². The molecule has 19 heavy (non-hydrogen) atoms. The van der Waals surface area contributed by atoms with Crippen LogP contribution in [0.5, 0.6) is 0 Å². The summed E-state index contributed by atoms with van der Waals surface area (Å²) in [5, 5.41) is 0. The Kier molecular flexibility index (Phi) is 7.12. The minimum atomic E-state index is -0.661. The van der Waals surface area contributed by atoms with Crippen molar-refractivity contribution in [1.29, 1.82) is 0 Å². The number of ether oxygens (including phenoxy) is 2. The quantitative estimate of drug-likeness (QED) is 0.385. The van der Waals surface area contributed by atoms with E-state index in [1.807, 2.05) is 0 Å². The normalized spacial score (nSPS) is 13.3. The first-order valence-electron chi connectivity index (χ1n) is 6.22. The lowest BCUT2D eigenvalue weighted by atomic mass is 9.97. The smallest absolute Gasteiger partial charge is 0.333 e. The van der Waals surface area contributed by atoms with Gasteiger partial charge in [-0.1, -0.05) is 13.2 Å². The van der Waals surface area contributed by atoms with Gasteiger partial charge in [0, 0.05) is 11.1 Å². The van der Waals surface area contributed by atoms with Crippen LogP contribution >= 0.6 is 0 Å². The molecule has 1 atom stereocenters. The average molecular weight is 267 g/mol. The van der Waals surface area contributed by atoms with E-state index in [1.165, 1.54) is 0 Å². The lowest BCUT2D eigenvalue weighted by Gasteiger charge is -2.28. The lowest BCUT2D eigenvalue weighted by Crippen LogP contribution is -2.31. The highest BCUT2D eigenvalue weighted by Crippen LogP contribution is 2.23. The minimum Gasteiger partial charge on any atom is -0.462 e. The maximum atomic E-state index is 11.5. The first-order chi connectivity index (χ1) is 8.72. The van der Waals surface area contributed by atoms with Gasteiger partial charge in [-0.05, 0) is 47.0 Å². The van der Waals surface area contributed by atoms with E-state index in [9.17, 15) is 9.59 Å². The van der Waals surface area contributed by atoms with Gasteiger partial charge in [0.2, 0.25) is 0 Å². The van der Waals surface area contributed by atoms with E-state index < -0.39 is 17.5 Å². The molecule has 0 aliphatic rings. The summed E-state index contributed by atoms with van der Waals surface area (Å²) in [6, 6.07) is 0. The fourth-order valence-electron chi connectivity index (χ4n) is 1.27. The number of hydrogen-bond acceptors (Lipinski definition) is 4. The SMILES string of the molecule is [CH2]CC(C)(CCCOC(=O)C(=C)C)OC(=O)C(=C)C. The Morgan fingerprint density at radius 3 is 2.05 bits per heavy atom. The Labute approximate surface area is 115 Å². The van der Waals surface area contributed by atoms with E-state index in [4.69, 9.17) is 9.47 Å². The third kappa shape index (κ3) is 6.79. The molecule has 0 aromatic rings. The first kappa shape index (κ1) is 17.4. The monoisotopic (exact) mass is 267 g/mol. The van der Waals surface area contributed by atoms with Gasteiger partial charge in [-0.2, -0.15) is 0 Å². The fraction of sp³-hybridized carbons (Fsp3) is 0.533. The van der Waals surface area contributed by atoms with E-state index in [2.05, 4.69) is 20.1 Å².